The number of rotatable bonds is 5. The van der Waals surface area contributed by atoms with E-state index in [4.69, 9.17) is 14.9 Å². The van der Waals surface area contributed by atoms with Gasteiger partial charge in [0.05, 0.1) is 6.61 Å². The van der Waals surface area contributed by atoms with Gasteiger partial charge < -0.3 is 14.9 Å². The van der Waals surface area contributed by atoms with Crippen LogP contribution in [0, 0.1) is 12.8 Å². The normalized spacial score (nSPS) is 12.2. The fourth-order valence-electron chi connectivity index (χ4n) is 1.29. The molecular weight excluding hydrogens is 208 g/mol. The number of ether oxygens (including phenoxy) is 1. The molecule has 0 amide bonds. The lowest BCUT2D eigenvalue weighted by atomic mass is 10.1. The van der Waals surface area contributed by atoms with Gasteiger partial charge in [-0.05, 0) is 18.6 Å². The monoisotopic (exact) mass is 224 g/mol. The van der Waals surface area contributed by atoms with E-state index in [0.717, 1.165) is 5.56 Å². The fourth-order valence-corrected chi connectivity index (χ4v) is 1.29. The van der Waals surface area contributed by atoms with Gasteiger partial charge in [-0.15, -0.1) is 0 Å². The van der Waals surface area contributed by atoms with E-state index in [1.54, 1.807) is 19.1 Å². The average molecular weight is 224 g/mol. The van der Waals surface area contributed by atoms with Crippen LogP contribution in [-0.4, -0.2) is 29.4 Å². The van der Waals surface area contributed by atoms with E-state index in [0.29, 0.717) is 12.4 Å². The number of aliphatic hydroxyl groups excluding tert-OH is 1. The molecule has 0 aliphatic heterocycles. The van der Waals surface area contributed by atoms with Gasteiger partial charge in [0.2, 0.25) is 0 Å². The highest BCUT2D eigenvalue weighted by atomic mass is 16.5. The highest BCUT2D eigenvalue weighted by Gasteiger charge is 2.14. The summed E-state index contributed by atoms with van der Waals surface area (Å²) < 4.78 is 5.44. The number of aliphatic hydroxyl groups is 1. The largest absolute Gasteiger partial charge is 0.492 e. The SMILES string of the molecule is Cc1cccc(C(=O)O)c1OCC(C)CO. The van der Waals surface area contributed by atoms with Crippen LogP contribution in [0.4, 0.5) is 0 Å². The molecule has 0 spiro atoms. The van der Waals surface area contributed by atoms with Gasteiger partial charge in [-0.2, -0.15) is 0 Å². The van der Waals surface area contributed by atoms with Gasteiger partial charge in [-0.3, -0.25) is 0 Å². The Morgan fingerprint density at radius 1 is 1.50 bits per heavy atom. The minimum Gasteiger partial charge on any atom is -0.492 e. The van der Waals surface area contributed by atoms with E-state index in [-0.39, 0.29) is 18.1 Å². The second-order valence-electron chi connectivity index (χ2n) is 3.86. The summed E-state index contributed by atoms with van der Waals surface area (Å²) in [6.07, 6.45) is 0. The van der Waals surface area contributed by atoms with Crippen molar-refractivity contribution in [3.05, 3.63) is 29.3 Å². The lowest BCUT2D eigenvalue weighted by molar-refractivity contribution is 0.0690. The number of benzene rings is 1. The third-order valence-electron chi connectivity index (χ3n) is 2.27. The quantitative estimate of drug-likeness (QED) is 0.798. The molecule has 0 aliphatic rings. The highest BCUT2D eigenvalue weighted by molar-refractivity contribution is 5.91. The molecule has 1 aromatic carbocycles. The van der Waals surface area contributed by atoms with E-state index in [1.165, 1.54) is 6.07 Å². The van der Waals surface area contributed by atoms with Gasteiger partial charge in [-0.1, -0.05) is 19.1 Å². The number of hydrogen-bond acceptors (Lipinski definition) is 3. The number of carboxylic acids is 1. The van der Waals surface area contributed by atoms with Crippen molar-refractivity contribution < 1.29 is 19.7 Å². The van der Waals surface area contributed by atoms with Crippen molar-refractivity contribution in [2.75, 3.05) is 13.2 Å². The number of aryl methyl sites for hydroxylation is 1. The zero-order chi connectivity index (χ0) is 12.1. The van der Waals surface area contributed by atoms with Gasteiger partial charge >= 0.3 is 5.97 Å². The van der Waals surface area contributed by atoms with E-state index >= 15 is 0 Å². The molecule has 0 bridgehead atoms. The lowest BCUT2D eigenvalue weighted by Gasteiger charge is -2.14. The van der Waals surface area contributed by atoms with Gasteiger partial charge in [0.25, 0.3) is 0 Å². The first-order valence-electron chi connectivity index (χ1n) is 5.12. The first-order chi connectivity index (χ1) is 7.56. The molecule has 0 saturated heterocycles. The van der Waals surface area contributed by atoms with Crippen LogP contribution in [0.2, 0.25) is 0 Å². The maximum atomic E-state index is 11.0. The summed E-state index contributed by atoms with van der Waals surface area (Å²) >= 11 is 0. The second-order valence-corrected chi connectivity index (χ2v) is 3.86. The van der Waals surface area contributed by atoms with Crippen molar-refractivity contribution in [1.82, 2.24) is 0 Å². The van der Waals surface area contributed by atoms with Crippen LogP contribution in [0.5, 0.6) is 5.75 Å². The van der Waals surface area contributed by atoms with Crippen molar-refractivity contribution in [3.63, 3.8) is 0 Å². The molecule has 0 saturated carbocycles. The van der Waals surface area contributed by atoms with Crippen molar-refractivity contribution in [2.24, 2.45) is 5.92 Å². The van der Waals surface area contributed by atoms with E-state index in [9.17, 15) is 4.79 Å². The Balaban J connectivity index is 2.88. The van der Waals surface area contributed by atoms with Crippen molar-refractivity contribution in [3.8, 4) is 5.75 Å². The maximum Gasteiger partial charge on any atom is 0.339 e. The zero-order valence-electron chi connectivity index (χ0n) is 9.43. The molecule has 0 radical (unpaired) electrons. The lowest BCUT2D eigenvalue weighted by Crippen LogP contribution is -2.14. The first-order valence-corrected chi connectivity index (χ1v) is 5.12. The van der Waals surface area contributed by atoms with Crippen molar-refractivity contribution >= 4 is 5.97 Å². The van der Waals surface area contributed by atoms with Crippen molar-refractivity contribution in [1.29, 1.82) is 0 Å². The van der Waals surface area contributed by atoms with Crippen LogP contribution in [0.25, 0.3) is 0 Å². The van der Waals surface area contributed by atoms with Crippen molar-refractivity contribution in [2.45, 2.75) is 13.8 Å². The molecule has 2 N–H and O–H groups in total. The number of carbonyl (C=O) groups is 1. The maximum absolute atomic E-state index is 11.0. The van der Waals surface area contributed by atoms with E-state index < -0.39 is 5.97 Å². The van der Waals surface area contributed by atoms with Gasteiger partial charge in [0, 0.05) is 12.5 Å². The molecule has 4 nitrogen and oxygen atoms in total. The van der Waals surface area contributed by atoms with Crippen LogP contribution in [-0.2, 0) is 0 Å². The van der Waals surface area contributed by atoms with Gasteiger partial charge in [-0.25, -0.2) is 4.79 Å². The van der Waals surface area contributed by atoms with Crippen LogP contribution < -0.4 is 4.74 Å². The number of aromatic carboxylic acids is 1. The van der Waals surface area contributed by atoms with Gasteiger partial charge in [0.1, 0.15) is 11.3 Å². The third-order valence-corrected chi connectivity index (χ3v) is 2.27. The topological polar surface area (TPSA) is 66.8 Å². The Bertz CT molecular complexity index is 373. The Labute approximate surface area is 94.5 Å². The molecule has 1 unspecified atom stereocenters. The van der Waals surface area contributed by atoms with E-state index in [2.05, 4.69) is 0 Å². The summed E-state index contributed by atoms with van der Waals surface area (Å²) in [6.45, 7) is 3.96. The summed E-state index contributed by atoms with van der Waals surface area (Å²) in [7, 11) is 0. The number of hydrogen-bond donors (Lipinski definition) is 2. The molecular formula is C12H16O4. The molecule has 88 valence electrons. The Morgan fingerprint density at radius 2 is 2.19 bits per heavy atom. The summed E-state index contributed by atoms with van der Waals surface area (Å²) in [6, 6.07) is 4.99. The minimum absolute atomic E-state index is 0.0127. The molecule has 0 aromatic heterocycles. The minimum atomic E-state index is -1.00. The van der Waals surface area contributed by atoms with Crippen LogP contribution >= 0.6 is 0 Å². The smallest absolute Gasteiger partial charge is 0.339 e. The van der Waals surface area contributed by atoms with Gasteiger partial charge in [0.15, 0.2) is 0 Å². The molecule has 0 aliphatic carbocycles. The number of carboxylic acid groups (broad SMARTS) is 1. The fraction of sp³-hybridized carbons (Fsp3) is 0.417. The zero-order valence-corrected chi connectivity index (χ0v) is 9.43. The van der Waals surface area contributed by atoms with Crippen LogP contribution in [0.3, 0.4) is 0 Å². The molecule has 1 aromatic rings. The summed E-state index contributed by atoms with van der Waals surface area (Å²) in [5.41, 5.74) is 0.940. The Hall–Kier alpha value is -1.55. The standard InChI is InChI=1S/C12H16O4/c1-8(6-13)7-16-11-9(2)4-3-5-10(11)12(14)15/h3-5,8,13H,6-7H2,1-2H3,(H,14,15). The predicted octanol–water partition coefficient (Wildman–Crippen LogP) is 1.70. The Morgan fingerprint density at radius 3 is 2.75 bits per heavy atom. The van der Waals surface area contributed by atoms with E-state index in [1.807, 2.05) is 6.92 Å². The molecule has 0 heterocycles. The van der Waals surface area contributed by atoms with Crippen LogP contribution in [0.15, 0.2) is 18.2 Å². The van der Waals surface area contributed by atoms with Crippen LogP contribution in [0.1, 0.15) is 22.8 Å². The second kappa shape index (κ2) is 5.51. The Kier molecular flexibility index (Phi) is 4.31. The summed E-state index contributed by atoms with van der Waals surface area (Å²) in [5.74, 6) is -0.632. The molecule has 4 heteroatoms. The third kappa shape index (κ3) is 2.97. The summed E-state index contributed by atoms with van der Waals surface area (Å²) in [4.78, 5) is 11.0. The molecule has 0 fully saturated rings. The highest BCUT2D eigenvalue weighted by Crippen LogP contribution is 2.23. The first kappa shape index (κ1) is 12.5. The predicted molar refractivity (Wildman–Crippen MR) is 59.9 cm³/mol. The number of para-hydroxylation sites is 1. The average Bonchev–Trinajstić information content (AvgIpc) is 2.26. The molecule has 1 atom stereocenters. The molecule has 16 heavy (non-hydrogen) atoms. The summed E-state index contributed by atoms with van der Waals surface area (Å²) in [5, 5.41) is 17.8. The molecule has 1 rings (SSSR count).